The molecule has 3 heteroatoms. The predicted octanol–water partition coefficient (Wildman–Crippen LogP) is 9.61. The van der Waals surface area contributed by atoms with Crippen LogP contribution in [-0.4, -0.2) is 18.0 Å². The van der Waals surface area contributed by atoms with Gasteiger partial charge in [-0.1, -0.05) is 153 Å². The maximum absolute atomic E-state index is 5.46. The van der Waals surface area contributed by atoms with Crippen LogP contribution in [0.4, 0.5) is 0 Å². The number of aromatic nitrogens is 2. The number of hydrogen-bond donors (Lipinski definition) is 0. The summed E-state index contributed by atoms with van der Waals surface area (Å²) in [4.78, 5) is 10.9. The summed E-state index contributed by atoms with van der Waals surface area (Å²) in [6.07, 6.45) is 0. The molecule has 0 fully saturated rings. The molecule has 1 aromatic heterocycles. The van der Waals surface area contributed by atoms with Crippen molar-refractivity contribution in [3.05, 3.63) is 158 Å². The first-order chi connectivity index (χ1) is 22.1. The minimum Gasteiger partial charge on any atom is -0.228 e. The average molecular weight is 593 g/mol. The molecular weight excluding hydrogens is 561 g/mol. The third-order valence-electron chi connectivity index (χ3n) is 9.06. The van der Waals surface area contributed by atoms with E-state index in [9.17, 15) is 0 Å². The van der Waals surface area contributed by atoms with E-state index >= 15 is 0 Å². The Bertz CT molecular complexity index is 2100. The lowest BCUT2D eigenvalue weighted by molar-refractivity contribution is 1.20. The summed E-state index contributed by atoms with van der Waals surface area (Å²) in [5, 5.41) is 2.75. The fourth-order valence-corrected chi connectivity index (χ4v) is 9.99. The number of rotatable bonds is 5. The van der Waals surface area contributed by atoms with Gasteiger partial charge in [0.05, 0.1) is 11.4 Å². The van der Waals surface area contributed by atoms with Crippen LogP contribution >= 0.6 is 0 Å². The molecule has 45 heavy (non-hydrogen) atoms. The predicted molar refractivity (Wildman–Crippen MR) is 191 cm³/mol. The summed E-state index contributed by atoms with van der Waals surface area (Å²) in [7, 11) is -2.06. The van der Waals surface area contributed by atoms with Crippen LogP contribution < -0.4 is 10.4 Å². The average Bonchev–Trinajstić information content (AvgIpc) is 3.35. The number of fused-ring (bicyclic) bond motifs is 3. The molecule has 214 valence electrons. The van der Waals surface area contributed by atoms with Crippen molar-refractivity contribution >= 4 is 18.4 Å². The molecule has 0 aliphatic carbocycles. The molecule has 0 radical (unpaired) electrons. The molecule has 0 N–H and O–H groups in total. The van der Waals surface area contributed by atoms with Gasteiger partial charge in [-0.2, -0.15) is 0 Å². The highest BCUT2D eigenvalue weighted by Gasteiger charge is 2.41. The van der Waals surface area contributed by atoms with Crippen molar-refractivity contribution in [3.63, 3.8) is 0 Å². The Balaban J connectivity index is 1.36. The molecule has 0 atom stereocenters. The smallest absolute Gasteiger partial charge is 0.160 e. The van der Waals surface area contributed by atoms with Crippen molar-refractivity contribution in [1.29, 1.82) is 0 Å². The zero-order chi connectivity index (χ0) is 30.4. The first-order valence-corrected chi connectivity index (χ1v) is 18.5. The highest BCUT2D eigenvalue weighted by molar-refractivity contribution is 7.04. The van der Waals surface area contributed by atoms with Crippen LogP contribution in [-0.2, 0) is 0 Å². The molecule has 8 rings (SSSR count). The molecule has 0 amide bonds. The number of hydrogen-bond acceptors (Lipinski definition) is 2. The van der Waals surface area contributed by atoms with Gasteiger partial charge in [-0.25, -0.2) is 9.97 Å². The Morgan fingerprint density at radius 3 is 1.38 bits per heavy atom. The Labute approximate surface area is 265 Å². The number of nitrogens with zero attached hydrogens (tertiary/aromatic N) is 2. The normalized spacial score (nSPS) is 12.8. The van der Waals surface area contributed by atoms with Crippen LogP contribution in [0.25, 0.3) is 67.3 Å². The fraction of sp³-hybridized carbons (Fsp3) is 0.0476. The second kappa shape index (κ2) is 11.0. The van der Waals surface area contributed by atoms with Crippen LogP contribution in [0.2, 0.25) is 13.1 Å². The van der Waals surface area contributed by atoms with E-state index in [0.29, 0.717) is 0 Å². The molecule has 0 unspecified atom stereocenters. The van der Waals surface area contributed by atoms with E-state index < -0.39 is 8.07 Å². The van der Waals surface area contributed by atoms with E-state index in [1.54, 1.807) is 0 Å². The van der Waals surface area contributed by atoms with Gasteiger partial charge in [0.15, 0.2) is 5.82 Å². The minimum absolute atomic E-state index is 0.757. The van der Waals surface area contributed by atoms with E-state index in [2.05, 4.69) is 171 Å². The maximum Gasteiger partial charge on any atom is 0.160 e. The van der Waals surface area contributed by atoms with Gasteiger partial charge in [0.25, 0.3) is 0 Å². The molecule has 0 bridgehead atoms. The first kappa shape index (κ1) is 27.2. The second-order valence-corrected chi connectivity index (χ2v) is 16.6. The fourth-order valence-electron chi connectivity index (χ4n) is 6.76. The van der Waals surface area contributed by atoms with Crippen LogP contribution in [0.5, 0.6) is 0 Å². The van der Waals surface area contributed by atoms with Gasteiger partial charge in [0.1, 0.15) is 8.07 Å². The van der Waals surface area contributed by atoms with Crippen LogP contribution in [0.3, 0.4) is 0 Å². The van der Waals surface area contributed by atoms with Gasteiger partial charge in [-0.05, 0) is 67.5 Å². The Morgan fingerprint density at radius 1 is 0.378 bits per heavy atom. The summed E-state index contributed by atoms with van der Waals surface area (Å²) in [5.74, 6) is 0.757. The van der Waals surface area contributed by atoms with Crippen molar-refractivity contribution in [2.45, 2.75) is 13.1 Å². The van der Waals surface area contributed by atoms with Crippen molar-refractivity contribution < 1.29 is 0 Å². The Hall–Kier alpha value is -5.38. The van der Waals surface area contributed by atoms with Gasteiger partial charge >= 0.3 is 0 Å². The van der Waals surface area contributed by atoms with Crippen LogP contribution in [0.15, 0.2) is 158 Å². The zero-order valence-corrected chi connectivity index (χ0v) is 26.4. The molecule has 2 heterocycles. The summed E-state index contributed by atoms with van der Waals surface area (Å²) in [5.41, 5.74) is 12.6. The third-order valence-corrected chi connectivity index (χ3v) is 12.6. The van der Waals surface area contributed by atoms with Gasteiger partial charge in [-0.3, -0.25) is 0 Å². The standard InChI is InChI=1S/C42H32N2Si/c1-45(2)38-21-13-12-20-37(38)40-41(45)39(33-24-22-32(23-25-33)29-14-6-3-7-15-29)43-42(44-40)36-27-34(30-16-8-4-9-17-30)26-35(28-36)31-18-10-5-11-19-31/h3-28H,1-2H3. The number of benzene rings is 6. The highest BCUT2D eigenvalue weighted by Crippen LogP contribution is 2.36. The lowest BCUT2D eigenvalue weighted by Crippen LogP contribution is -2.50. The molecular formula is C42H32N2Si. The van der Waals surface area contributed by atoms with E-state index in [1.165, 1.54) is 38.2 Å². The molecule has 0 saturated carbocycles. The lowest BCUT2D eigenvalue weighted by atomic mass is 9.95. The summed E-state index contributed by atoms with van der Waals surface area (Å²) >= 11 is 0. The molecule has 0 spiro atoms. The van der Waals surface area contributed by atoms with E-state index in [0.717, 1.165) is 39.5 Å². The minimum atomic E-state index is -2.06. The first-order valence-electron chi connectivity index (χ1n) is 15.5. The van der Waals surface area contributed by atoms with E-state index in [1.807, 2.05) is 0 Å². The molecule has 2 nitrogen and oxygen atoms in total. The Morgan fingerprint density at radius 2 is 0.800 bits per heavy atom. The van der Waals surface area contributed by atoms with Crippen molar-refractivity contribution in [1.82, 2.24) is 9.97 Å². The van der Waals surface area contributed by atoms with Crippen LogP contribution in [0, 0.1) is 0 Å². The summed E-state index contributed by atoms with van der Waals surface area (Å²) in [6.45, 7) is 4.87. The quantitative estimate of drug-likeness (QED) is 0.186. The topological polar surface area (TPSA) is 25.8 Å². The van der Waals surface area contributed by atoms with Gasteiger partial charge in [-0.15, -0.1) is 0 Å². The SMILES string of the molecule is C[Si]1(C)c2ccccc2-c2nc(-c3cc(-c4ccccc4)cc(-c4ccccc4)c3)nc(-c3ccc(-c4ccccc4)cc3)c21. The summed E-state index contributed by atoms with van der Waals surface area (Å²) in [6, 6.07) is 56.2. The molecule has 6 aromatic carbocycles. The van der Waals surface area contributed by atoms with Crippen molar-refractivity contribution in [2.75, 3.05) is 0 Å². The van der Waals surface area contributed by atoms with Crippen molar-refractivity contribution in [3.8, 4) is 67.3 Å². The molecule has 1 aliphatic rings. The van der Waals surface area contributed by atoms with E-state index in [-0.39, 0.29) is 0 Å². The second-order valence-electron chi connectivity index (χ2n) is 12.3. The van der Waals surface area contributed by atoms with Gasteiger partial charge in [0.2, 0.25) is 0 Å². The molecule has 0 saturated heterocycles. The summed E-state index contributed by atoms with van der Waals surface area (Å²) < 4.78 is 0. The Kier molecular flexibility index (Phi) is 6.62. The van der Waals surface area contributed by atoms with E-state index in [4.69, 9.17) is 9.97 Å². The third kappa shape index (κ3) is 4.82. The highest BCUT2D eigenvalue weighted by atomic mass is 28.3. The zero-order valence-electron chi connectivity index (χ0n) is 25.4. The van der Waals surface area contributed by atoms with Gasteiger partial charge < -0.3 is 0 Å². The van der Waals surface area contributed by atoms with Crippen LogP contribution in [0.1, 0.15) is 0 Å². The largest absolute Gasteiger partial charge is 0.228 e. The molecule has 7 aromatic rings. The van der Waals surface area contributed by atoms with Crippen molar-refractivity contribution in [2.24, 2.45) is 0 Å². The molecule has 1 aliphatic heterocycles. The monoisotopic (exact) mass is 592 g/mol. The van der Waals surface area contributed by atoms with Gasteiger partial charge in [0, 0.05) is 11.1 Å². The lowest BCUT2D eigenvalue weighted by Gasteiger charge is -2.22. The maximum atomic E-state index is 5.46.